The van der Waals surface area contributed by atoms with E-state index in [0.717, 1.165) is 50.7 Å². The van der Waals surface area contributed by atoms with E-state index in [0.29, 0.717) is 11.9 Å². The van der Waals surface area contributed by atoms with E-state index < -0.39 is 0 Å². The van der Waals surface area contributed by atoms with Crippen LogP contribution in [0.25, 0.3) is 0 Å². The summed E-state index contributed by atoms with van der Waals surface area (Å²) in [5, 5.41) is 3.42. The van der Waals surface area contributed by atoms with Gasteiger partial charge < -0.3 is 10.2 Å². The van der Waals surface area contributed by atoms with Gasteiger partial charge in [0.15, 0.2) is 0 Å². The number of hydrogen-bond donors (Lipinski definition) is 1. The molecule has 1 atom stereocenters. The van der Waals surface area contributed by atoms with E-state index >= 15 is 0 Å². The molecule has 5 heteroatoms. The van der Waals surface area contributed by atoms with Crippen molar-refractivity contribution in [2.24, 2.45) is 0 Å². The van der Waals surface area contributed by atoms with Gasteiger partial charge in [0, 0.05) is 30.6 Å². The van der Waals surface area contributed by atoms with Gasteiger partial charge in [-0.05, 0) is 45.3 Å². The summed E-state index contributed by atoms with van der Waals surface area (Å²) in [5.74, 6) is 2.65. The van der Waals surface area contributed by atoms with Gasteiger partial charge in [0.2, 0.25) is 5.91 Å². The summed E-state index contributed by atoms with van der Waals surface area (Å²) in [6.45, 7) is 5.27. The summed E-state index contributed by atoms with van der Waals surface area (Å²) < 4.78 is 0. The van der Waals surface area contributed by atoms with Crippen molar-refractivity contribution in [1.29, 1.82) is 0 Å². The molecule has 4 nitrogen and oxygen atoms in total. The molecule has 0 aromatic carbocycles. The lowest BCUT2D eigenvalue weighted by Gasteiger charge is -2.38. The van der Waals surface area contributed by atoms with Crippen LogP contribution in [0.1, 0.15) is 25.7 Å². The van der Waals surface area contributed by atoms with Crippen molar-refractivity contribution in [3.8, 4) is 0 Å². The second-order valence-electron chi connectivity index (χ2n) is 5.81. The SMILES string of the molecule is O=C(C1CCCN1C1CCNCC1)N1CCSCC1. The normalized spacial score (nSPS) is 30.7. The highest BCUT2D eigenvalue weighted by atomic mass is 32.2. The summed E-state index contributed by atoms with van der Waals surface area (Å²) in [5.41, 5.74) is 0. The van der Waals surface area contributed by atoms with Crippen molar-refractivity contribution < 1.29 is 4.79 Å². The van der Waals surface area contributed by atoms with Gasteiger partial charge in [-0.1, -0.05) is 0 Å². The van der Waals surface area contributed by atoms with Gasteiger partial charge in [0.05, 0.1) is 6.04 Å². The van der Waals surface area contributed by atoms with Gasteiger partial charge in [-0.15, -0.1) is 0 Å². The van der Waals surface area contributed by atoms with E-state index in [1.165, 1.54) is 19.3 Å². The Morgan fingerprint density at radius 1 is 1.05 bits per heavy atom. The predicted molar refractivity (Wildman–Crippen MR) is 79.5 cm³/mol. The molecule has 0 aromatic rings. The first kappa shape index (κ1) is 13.7. The molecule has 0 saturated carbocycles. The fourth-order valence-corrected chi connectivity index (χ4v) is 4.53. The van der Waals surface area contributed by atoms with Gasteiger partial charge in [-0.25, -0.2) is 0 Å². The number of thioether (sulfide) groups is 1. The molecule has 19 heavy (non-hydrogen) atoms. The Morgan fingerprint density at radius 2 is 1.79 bits per heavy atom. The number of nitrogens with one attached hydrogen (secondary N) is 1. The highest BCUT2D eigenvalue weighted by molar-refractivity contribution is 7.99. The van der Waals surface area contributed by atoms with Gasteiger partial charge in [-0.2, -0.15) is 11.8 Å². The molecule has 3 saturated heterocycles. The van der Waals surface area contributed by atoms with E-state index in [4.69, 9.17) is 0 Å². The molecular formula is C14H25N3OS. The molecule has 0 bridgehead atoms. The van der Waals surface area contributed by atoms with Crippen molar-refractivity contribution in [3.05, 3.63) is 0 Å². The molecular weight excluding hydrogens is 258 g/mol. The maximum absolute atomic E-state index is 12.7. The van der Waals surface area contributed by atoms with E-state index in [2.05, 4.69) is 15.1 Å². The van der Waals surface area contributed by atoms with Crippen molar-refractivity contribution in [2.75, 3.05) is 44.2 Å². The summed E-state index contributed by atoms with van der Waals surface area (Å²) in [6.07, 6.45) is 4.69. The number of rotatable bonds is 2. The molecule has 1 unspecified atom stereocenters. The molecule has 3 aliphatic rings. The molecule has 3 heterocycles. The standard InChI is InChI=1S/C14H25N3OS/c18-14(16-8-10-19-11-9-16)13-2-1-7-17(13)12-3-5-15-6-4-12/h12-13,15H,1-11H2. The highest BCUT2D eigenvalue weighted by Crippen LogP contribution is 2.26. The smallest absolute Gasteiger partial charge is 0.239 e. The fraction of sp³-hybridized carbons (Fsp3) is 0.929. The number of carbonyl (C=O) groups is 1. The molecule has 0 spiro atoms. The zero-order valence-electron chi connectivity index (χ0n) is 11.6. The van der Waals surface area contributed by atoms with E-state index in [1.54, 1.807) is 0 Å². The number of piperidine rings is 1. The maximum atomic E-state index is 12.7. The third-order valence-electron chi connectivity index (χ3n) is 4.68. The number of amides is 1. The Hall–Kier alpha value is -0.260. The first-order chi connectivity index (χ1) is 9.36. The van der Waals surface area contributed by atoms with Crippen LogP contribution in [-0.4, -0.2) is 72.0 Å². The highest BCUT2D eigenvalue weighted by Gasteiger charge is 2.37. The van der Waals surface area contributed by atoms with Crippen LogP contribution >= 0.6 is 11.8 Å². The summed E-state index contributed by atoms with van der Waals surface area (Å²) in [7, 11) is 0. The Balaban J connectivity index is 1.62. The van der Waals surface area contributed by atoms with Crippen LogP contribution in [0.3, 0.4) is 0 Å². The first-order valence-electron chi connectivity index (χ1n) is 7.69. The van der Waals surface area contributed by atoms with Crippen molar-refractivity contribution >= 4 is 17.7 Å². The van der Waals surface area contributed by atoms with Crippen LogP contribution in [0.2, 0.25) is 0 Å². The summed E-state index contributed by atoms with van der Waals surface area (Å²) in [6, 6.07) is 0.822. The predicted octanol–water partition coefficient (Wildman–Crippen LogP) is 0.778. The Morgan fingerprint density at radius 3 is 2.53 bits per heavy atom. The van der Waals surface area contributed by atoms with Crippen LogP contribution in [0, 0.1) is 0 Å². The molecule has 108 valence electrons. The average Bonchev–Trinajstić information content (AvgIpc) is 2.98. The largest absolute Gasteiger partial charge is 0.340 e. The lowest BCUT2D eigenvalue weighted by Crippen LogP contribution is -2.53. The second-order valence-corrected chi connectivity index (χ2v) is 7.04. The fourth-order valence-electron chi connectivity index (χ4n) is 3.62. The third kappa shape index (κ3) is 3.09. The average molecular weight is 283 g/mol. The van der Waals surface area contributed by atoms with Gasteiger partial charge in [-0.3, -0.25) is 9.69 Å². The van der Waals surface area contributed by atoms with E-state index in [9.17, 15) is 4.79 Å². The van der Waals surface area contributed by atoms with Gasteiger partial charge in [0.1, 0.15) is 0 Å². The first-order valence-corrected chi connectivity index (χ1v) is 8.85. The van der Waals surface area contributed by atoms with Crippen LogP contribution in [0.4, 0.5) is 0 Å². The van der Waals surface area contributed by atoms with E-state index in [1.807, 2.05) is 11.8 Å². The molecule has 0 aromatic heterocycles. The third-order valence-corrected chi connectivity index (χ3v) is 5.62. The number of hydrogen-bond acceptors (Lipinski definition) is 4. The minimum Gasteiger partial charge on any atom is -0.340 e. The molecule has 3 rings (SSSR count). The molecule has 3 aliphatic heterocycles. The molecule has 1 amide bonds. The Labute approximate surface area is 120 Å². The lowest BCUT2D eigenvalue weighted by atomic mass is 10.0. The number of likely N-dealkylation sites (tertiary alicyclic amines) is 1. The molecule has 3 fully saturated rings. The van der Waals surface area contributed by atoms with Crippen molar-refractivity contribution in [2.45, 2.75) is 37.8 Å². The quantitative estimate of drug-likeness (QED) is 0.812. The summed E-state index contributed by atoms with van der Waals surface area (Å²) >= 11 is 1.97. The molecule has 1 N–H and O–H groups in total. The monoisotopic (exact) mass is 283 g/mol. The zero-order valence-corrected chi connectivity index (χ0v) is 12.5. The lowest BCUT2D eigenvalue weighted by molar-refractivity contribution is -0.136. The molecule has 0 aliphatic carbocycles. The zero-order chi connectivity index (χ0) is 13.1. The van der Waals surface area contributed by atoms with Crippen molar-refractivity contribution in [1.82, 2.24) is 15.1 Å². The Bertz CT molecular complexity index is 314. The van der Waals surface area contributed by atoms with Gasteiger partial charge >= 0.3 is 0 Å². The van der Waals surface area contributed by atoms with Crippen LogP contribution < -0.4 is 5.32 Å². The maximum Gasteiger partial charge on any atom is 0.239 e. The number of nitrogens with zero attached hydrogens (tertiary/aromatic N) is 2. The van der Waals surface area contributed by atoms with Crippen LogP contribution in [0.15, 0.2) is 0 Å². The van der Waals surface area contributed by atoms with Crippen LogP contribution in [0.5, 0.6) is 0 Å². The van der Waals surface area contributed by atoms with E-state index in [-0.39, 0.29) is 6.04 Å². The van der Waals surface area contributed by atoms with Crippen LogP contribution in [-0.2, 0) is 4.79 Å². The topological polar surface area (TPSA) is 35.6 Å². The second kappa shape index (κ2) is 6.46. The summed E-state index contributed by atoms with van der Waals surface area (Å²) in [4.78, 5) is 17.3. The van der Waals surface area contributed by atoms with Crippen molar-refractivity contribution in [3.63, 3.8) is 0 Å². The van der Waals surface area contributed by atoms with Gasteiger partial charge in [0.25, 0.3) is 0 Å². The minimum absolute atomic E-state index is 0.186. The minimum atomic E-state index is 0.186. The Kier molecular flexibility index (Phi) is 4.66. The number of carbonyl (C=O) groups excluding carboxylic acids is 1. The molecule has 0 radical (unpaired) electrons.